The van der Waals surface area contributed by atoms with E-state index in [1.807, 2.05) is 13.1 Å². The number of aromatic nitrogens is 5. The number of anilines is 1. The molecule has 12 nitrogen and oxygen atoms in total. The summed E-state index contributed by atoms with van der Waals surface area (Å²) in [6.07, 6.45) is -2.04. The van der Waals surface area contributed by atoms with E-state index in [2.05, 4.69) is 30.0 Å². The summed E-state index contributed by atoms with van der Waals surface area (Å²) in [5.74, 6) is -3.31. The van der Waals surface area contributed by atoms with Crippen molar-refractivity contribution in [2.24, 2.45) is 0 Å². The Morgan fingerprint density at radius 1 is 1.20 bits per heavy atom. The minimum Gasteiger partial charge on any atom is -0.379 e. The third kappa shape index (κ3) is 5.44. The summed E-state index contributed by atoms with van der Waals surface area (Å²) in [6, 6.07) is 9.05. The molecule has 1 saturated heterocycles. The second kappa shape index (κ2) is 11.2. The third-order valence-corrected chi connectivity index (χ3v) is 7.08. The minimum atomic E-state index is -5.30. The number of likely N-dealkylation sites (tertiary alicyclic amines) is 1. The van der Waals surface area contributed by atoms with Crippen molar-refractivity contribution < 1.29 is 32.2 Å². The van der Waals surface area contributed by atoms with Crippen molar-refractivity contribution in [3.63, 3.8) is 0 Å². The zero-order valence-electron chi connectivity index (χ0n) is 22.3. The van der Waals surface area contributed by atoms with Gasteiger partial charge in [0.2, 0.25) is 0 Å². The Bertz CT molecular complexity index is 1570. The molecule has 0 saturated carbocycles. The number of amides is 1. The molecule has 3 aromatic heterocycles. The van der Waals surface area contributed by atoms with Crippen LogP contribution in [0.15, 0.2) is 41.2 Å². The first-order valence-electron chi connectivity index (χ1n) is 12.9. The van der Waals surface area contributed by atoms with Gasteiger partial charge in [0.25, 0.3) is 5.91 Å². The second-order valence-corrected chi connectivity index (χ2v) is 9.61. The highest BCUT2D eigenvalue weighted by Crippen LogP contribution is 2.34. The summed E-state index contributed by atoms with van der Waals surface area (Å²) in [6.45, 7) is 2.60. The van der Waals surface area contributed by atoms with Crippen molar-refractivity contribution >= 4 is 28.7 Å². The highest BCUT2D eigenvalue weighted by molar-refractivity contribution is 6.08. The standard InChI is InChI=1S/C26H27F3N8O4/c1-3-36-21-17(24(38)37(40-25(39)26(27,28)29)13-11-16-10-7-12-35(16)2)14-31-18(15-8-5-4-6-9-15)19(21)32-23(36)20-22(30)34-41-33-20/h4-6,8-9,14,16H,3,7,10-13H2,1-2H3,(H2,30,34). The van der Waals surface area contributed by atoms with Crippen LogP contribution in [0.3, 0.4) is 0 Å². The Hall–Kier alpha value is -4.53. The van der Waals surface area contributed by atoms with Gasteiger partial charge in [-0.15, -0.1) is 0 Å². The van der Waals surface area contributed by atoms with Crippen LogP contribution in [0.5, 0.6) is 0 Å². The highest BCUT2D eigenvalue weighted by atomic mass is 19.4. The number of fused-ring (bicyclic) bond motifs is 1. The normalized spacial score (nSPS) is 15.9. The number of nitrogens with two attached hydrogens (primary N) is 1. The SMILES string of the molecule is CCn1c(-c2nonc2N)nc2c(-c3ccccc3)ncc(C(=O)N(CCC3CCCN3C)OC(=O)C(F)(F)F)c21. The molecule has 1 atom stereocenters. The second-order valence-electron chi connectivity index (χ2n) is 9.61. The van der Waals surface area contributed by atoms with E-state index in [1.54, 1.807) is 35.8 Å². The molecular weight excluding hydrogens is 545 g/mol. The third-order valence-electron chi connectivity index (χ3n) is 7.08. The monoisotopic (exact) mass is 572 g/mol. The lowest BCUT2D eigenvalue weighted by atomic mass is 10.1. The van der Waals surface area contributed by atoms with E-state index in [0.717, 1.165) is 19.4 Å². The van der Waals surface area contributed by atoms with E-state index in [0.29, 0.717) is 22.7 Å². The number of benzene rings is 1. The largest absolute Gasteiger partial charge is 0.493 e. The van der Waals surface area contributed by atoms with E-state index in [1.165, 1.54) is 6.20 Å². The Labute approximate surface area is 231 Å². The smallest absolute Gasteiger partial charge is 0.379 e. The summed E-state index contributed by atoms with van der Waals surface area (Å²) in [5.41, 5.74) is 7.53. The molecule has 1 amide bonds. The van der Waals surface area contributed by atoms with Gasteiger partial charge in [0, 0.05) is 24.3 Å². The average Bonchev–Trinajstić information content (AvgIpc) is 3.67. The predicted molar refractivity (Wildman–Crippen MR) is 140 cm³/mol. The molecule has 1 aromatic carbocycles. The topological polar surface area (TPSA) is 145 Å². The van der Waals surface area contributed by atoms with Gasteiger partial charge in [-0.2, -0.15) is 18.2 Å². The maximum absolute atomic E-state index is 13.9. The number of alkyl halides is 3. The number of hydroxylamine groups is 2. The zero-order valence-corrected chi connectivity index (χ0v) is 22.3. The number of hydrogen-bond donors (Lipinski definition) is 1. The number of aryl methyl sites for hydroxylation is 1. The molecule has 1 fully saturated rings. The summed E-state index contributed by atoms with van der Waals surface area (Å²) in [5, 5.41) is 7.91. The lowest BCUT2D eigenvalue weighted by molar-refractivity contribution is -0.228. The van der Waals surface area contributed by atoms with Crippen molar-refractivity contribution in [2.45, 2.75) is 44.9 Å². The number of nitrogen functional groups attached to an aromatic ring is 1. The van der Waals surface area contributed by atoms with Crippen LogP contribution in [0.1, 0.15) is 36.5 Å². The Balaban J connectivity index is 1.64. The Morgan fingerprint density at radius 3 is 2.56 bits per heavy atom. The van der Waals surface area contributed by atoms with Gasteiger partial charge in [-0.3, -0.25) is 9.78 Å². The van der Waals surface area contributed by atoms with Gasteiger partial charge >= 0.3 is 12.1 Å². The molecule has 4 aromatic rings. The van der Waals surface area contributed by atoms with Crippen molar-refractivity contribution in [3.05, 3.63) is 42.1 Å². The molecule has 1 aliphatic rings. The lowest BCUT2D eigenvalue weighted by Crippen LogP contribution is -2.41. The van der Waals surface area contributed by atoms with Gasteiger partial charge in [0.1, 0.15) is 5.52 Å². The molecule has 0 radical (unpaired) electrons. The van der Waals surface area contributed by atoms with E-state index in [4.69, 9.17) is 10.4 Å². The molecule has 4 heterocycles. The van der Waals surface area contributed by atoms with Crippen LogP contribution >= 0.6 is 0 Å². The molecule has 2 N–H and O–H groups in total. The summed E-state index contributed by atoms with van der Waals surface area (Å²) in [7, 11) is 1.90. The van der Waals surface area contributed by atoms with Gasteiger partial charge in [-0.1, -0.05) is 30.3 Å². The molecule has 1 unspecified atom stereocenters. The number of carbonyl (C=O) groups excluding carboxylic acids is 2. The van der Waals surface area contributed by atoms with E-state index < -0.39 is 18.1 Å². The summed E-state index contributed by atoms with van der Waals surface area (Å²) in [4.78, 5) is 41.6. The fourth-order valence-corrected chi connectivity index (χ4v) is 5.03. The number of halogens is 3. The van der Waals surface area contributed by atoms with Crippen molar-refractivity contribution in [1.29, 1.82) is 0 Å². The number of imidazole rings is 1. The van der Waals surface area contributed by atoms with Crippen LogP contribution < -0.4 is 5.73 Å². The van der Waals surface area contributed by atoms with Gasteiger partial charge in [-0.05, 0) is 50.1 Å². The van der Waals surface area contributed by atoms with Crippen LogP contribution in [0, 0.1) is 0 Å². The van der Waals surface area contributed by atoms with Crippen LogP contribution in [-0.2, 0) is 16.2 Å². The first kappa shape index (κ1) is 28.0. The van der Waals surface area contributed by atoms with Crippen LogP contribution in [0.2, 0.25) is 0 Å². The Kier molecular flexibility index (Phi) is 7.62. The molecule has 1 aliphatic heterocycles. The molecule has 216 valence electrons. The van der Waals surface area contributed by atoms with E-state index >= 15 is 0 Å². The van der Waals surface area contributed by atoms with E-state index in [9.17, 15) is 22.8 Å². The van der Waals surface area contributed by atoms with Crippen LogP contribution in [-0.4, -0.2) is 79.0 Å². The molecule has 41 heavy (non-hydrogen) atoms. The van der Waals surface area contributed by atoms with Crippen LogP contribution in [0.25, 0.3) is 33.8 Å². The van der Waals surface area contributed by atoms with E-state index in [-0.39, 0.29) is 53.1 Å². The fraction of sp³-hybridized carbons (Fsp3) is 0.385. The first-order chi connectivity index (χ1) is 19.6. The van der Waals surface area contributed by atoms with Crippen molar-refractivity contribution in [3.8, 4) is 22.8 Å². The summed E-state index contributed by atoms with van der Waals surface area (Å²) < 4.78 is 46.0. The molecule has 0 bridgehead atoms. The molecular formula is C26H27F3N8O4. The Morgan fingerprint density at radius 2 is 1.95 bits per heavy atom. The lowest BCUT2D eigenvalue weighted by Gasteiger charge is -2.25. The highest BCUT2D eigenvalue weighted by Gasteiger charge is 2.44. The first-order valence-corrected chi connectivity index (χ1v) is 12.9. The fourth-order valence-electron chi connectivity index (χ4n) is 5.03. The molecule has 15 heteroatoms. The minimum absolute atomic E-state index is 0.0175. The molecule has 5 rings (SSSR count). The number of hydrogen-bond acceptors (Lipinski definition) is 10. The number of nitrogens with zero attached hydrogens (tertiary/aromatic N) is 7. The van der Waals surface area contributed by atoms with Gasteiger partial charge in [0.15, 0.2) is 17.3 Å². The van der Waals surface area contributed by atoms with Gasteiger partial charge < -0.3 is 20.0 Å². The quantitative estimate of drug-likeness (QED) is 0.325. The maximum Gasteiger partial charge on any atom is 0.493 e. The number of pyridine rings is 1. The van der Waals surface area contributed by atoms with Gasteiger partial charge in [0.05, 0.1) is 23.3 Å². The number of carbonyl (C=O) groups is 2. The summed E-state index contributed by atoms with van der Waals surface area (Å²) >= 11 is 0. The maximum atomic E-state index is 13.9. The number of rotatable bonds is 7. The van der Waals surface area contributed by atoms with Crippen LogP contribution in [0.4, 0.5) is 19.0 Å². The van der Waals surface area contributed by atoms with Gasteiger partial charge in [-0.25, -0.2) is 14.4 Å². The predicted octanol–water partition coefficient (Wildman–Crippen LogP) is 3.70. The zero-order chi connectivity index (χ0) is 29.3. The molecule has 0 spiro atoms. The van der Waals surface area contributed by atoms with Crippen molar-refractivity contribution in [2.75, 3.05) is 25.9 Å². The average molecular weight is 573 g/mol. The van der Waals surface area contributed by atoms with Crippen molar-refractivity contribution in [1.82, 2.24) is 34.8 Å². The molecule has 0 aliphatic carbocycles.